The van der Waals surface area contributed by atoms with Crippen molar-refractivity contribution in [2.45, 2.75) is 141 Å². The van der Waals surface area contributed by atoms with E-state index in [0.29, 0.717) is 49.9 Å². The highest BCUT2D eigenvalue weighted by atomic mass is 16.2. The second-order valence-electron chi connectivity index (χ2n) is 22.2. The predicted molar refractivity (Wildman–Crippen MR) is 301 cm³/mol. The molecule has 18 heteroatoms. The van der Waals surface area contributed by atoms with Crippen LogP contribution in [0.25, 0.3) is 33.2 Å². The van der Waals surface area contributed by atoms with Crippen LogP contribution in [0, 0.1) is 11.8 Å². The molecule has 6 aromatic rings. The number of aromatic nitrogens is 4. The molecular weight excluding hydrogens is 985 g/mol. The molecule has 1 saturated carbocycles. The van der Waals surface area contributed by atoms with Gasteiger partial charge in [-0.1, -0.05) is 64.1 Å². The number of rotatable bonds is 18. The summed E-state index contributed by atoms with van der Waals surface area (Å²) in [4.78, 5) is 95.5. The summed E-state index contributed by atoms with van der Waals surface area (Å²) in [6.07, 6.45) is 16.8. The number of hydrogen-bond acceptors (Lipinski definition) is 10. The fourth-order valence-electron chi connectivity index (χ4n) is 11.5. The number of benzene rings is 2. The lowest BCUT2D eigenvalue weighted by Crippen LogP contribution is -2.54. The quantitative estimate of drug-likeness (QED) is 0.0538. The summed E-state index contributed by atoms with van der Waals surface area (Å²) in [5.41, 5.74) is 6.11. The normalized spacial score (nSPS) is 20.2. The number of carbonyl (C=O) groups excluding carboxylic acids is 6. The Morgan fingerprint density at radius 3 is 1.28 bits per heavy atom. The zero-order valence-corrected chi connectivity index (χ0v) is 46.2. The second kappa shape index (κ2) is 24.1. The molecule has 6 N–H and O–H groups in total. The van der Waals surface area contributed by atoms with Crippen LogP contribution in [0.15, 0.2) is 97.8 Å². The van der Waals surface area contributed by atoms with Crippen LogP contribution in [-0.2, 0) is 19.2 Å². The van der Waals surface area contributed by atoms with Crippen molar-refractivity contribution in [2.75, 3.05) is 27.2 Å². The lowest BCUT2D eigenvalue weighted by molar-refractivity contribution is -0.139. The zero-order chi connectivity index (χ0) is 55.4. The molecular formula is C60H76N12O6. The van der Waals surface area contributed by atoms with E-state index in [2.05, 4.69) is 41.9 Å². The fourth-order valence-corrected chi connectivity index (χ4v) is 11.5. The van der Waals surface area contributed by atoms with E-state index in [9.17, 15) is 28.8 Å². The van der Waals surface area contributed by atoms with Crippen molar-refractivity contribution < 1.29 is 28.8 Å². The largest absolute Gasteiger partial charge is 0.349 e. The third-order valence-corrected chi connectivity index (χ3v) is 16.3. The molecule has 2 aromatic carbocycles. The van der Waals surface area contributed by atoms with Gasteiger partial charge in [0.05, 0.1) is 70.1 Å². The third-order valence-electron chi connectivity index (χ3n) is 16.3. The molecule has 18 nitrogen and oxygen atoms in total. The Labute approximate surface area is 456 Å². The van der Waals surface area contributed by atoms with Crippen molar-refractivity contribution in [2.24, 2.45) is 11.8 Å². The molecule has 6 atom stereocenters. The van der Waals surface area contributed by atoms with E-state index < -0.39 is 24.2 Å². The standard InChI is InChI=1S/C60H76N12O6/c1-35(2)53(67-55(73)37(5)61-7)59(77)69-25-13-19-49(69)39-27-43(31-63-29-39)71-33-47(45-15-9-11-17-51(45)71)57(75)65-41-21-23-42(24-22-41)66-58(76)48-34-72(52-18-12-10-16-46(48)52)44-28-40(30-64-32-44)50-20-14-26-70(50)60(78)54(36(3)4)68-56(74)38(6)62-8/h9-12,15-18,27-38,41-42,49-50,53-54,61-62H,13-14,19-26H2,1-8H3,(H,65,75)(H,66,76)(H,67,73)(H,68,74). The van der Waals surface area contributed by atoms with Gasteiger partial charge >= 0.3 is 0 Å². The maximum Gasteiger partial charge on any atom is 0.253 e. The summed E-state index contributed by atoms with van der Waals surface area (Å²) in [5.74, 6) is -1.23. The predicted octanol–water partition coefficient (Wildman–Crippen LogP) is 6.66. The van der Waals surface area contributed by atoms with Crippen molar-refractivity contribution in [1.82, 2.24) is 60.8 Å². The lowest BCUT2D eigenvalue weighted by Gasteiger charge is -2.32. The number of nitrogens with one attached hydrogen (secondary N) is 6. The van der Waals surface area contributed by atoms with Crippen molar-refractivity contribution >= 4 is 57.2 Å². The monoisotopic (exact) mass is 1060 g/mol. The van der Waals surface area contributed by atoms with Crippen molar-refractivity contribution in [3.05, 3.63) is 120 Å². The summed E-state index contributed by atoms with van der Waals surface area (Å²) in [7, 11) is 3.43. The molecule has 78 heavy (non-hydrogen) atoms. The second-order valence-corrected chi connectivity index (χ2v) is 22.2. The number of para-hydroxylation sites is 2. The van der Waals surface area contributed by atoms with Crippen LogP contribution in [0.3, 0.4) is 0 Å². The lowest BCUT2D eigenvalue weighted by atomic mass is 9.90. The molecule has 412 valence electrons. The minimum absolute atomic E-state index is 0.0885. The minimum Gasteiger partial charge on any atom is -0.349 e. The molecule has 2 saturated heterocycles. The molecule has 2 aliphatic heterocycles. The van der Waals surface area contributed by atoms with Gasteiger partial charge in [-0.3, -0.25) is 38.7 Å². The van der Waals surface area contributed by atoms with Crippen molar-refractivity contribution in [3.63, 3.8) is 0 Å². The van der Waals surface area contributed by atoms with Gasteiger partial charge in [-0.05, 0) is 127 Å². The summed E-state index contributed by atoms with van der Waals surface area (Å²) in [5, 5.41) is 20.1. The number of nitrogens with zero attached hydrogens (tertiary/aromatic N) is 6. The Morgan fingerprint density at radius 2 is 0.910 bits per heavy atom. The molecule has 4 aromatic heterocycles. The first-order valence-corrected chi connectivity index (χ1v) is 27.9. The maximum absolute atomic E-state index is 14.2. The number of likely N-dealkylation sites (tertiary alicyclic amines) is 2. The van der Waals surface area contributed by atoms with E-state index >= 15 is 0 Å². The minimum atomic E-state index is -0.668. The van der Waals surface area contributed by atoms with Crippen LogP contribution < -0.4 is 31.9 Å². The average Bonchev–Trinajstić information content (AvgIpc) is 4.38. The number of pyridine rings is 2. The first-order valence-electron chi connectivity index (χ1n) is 27.9. The van der Waals surface area contributed by atoms with Gasteiger partial charge in [-0.25, -0.2) is 0 Å². The zero-order valence-electron chi connectivity index (χ0n) is 46.2. The van der Waals surface area contributed by atoms with Gasteiger partial charge in [0.25, 0.3) is 11.8 Å². The van der Waals surface area contributed by atoms with Gasteiger partial charge in [0.2, 0.25) is 23.6 Å². The number of hydrogen-bond donors (Lipinski definition) is 6. The molecule has 1 aliphatic carbocycles. The van der Waals surface area contributed by atoms with Crippen LogP contribution in [0.4, 0.5) is 0 Å². The maximum atomic E-state index is 14.2. The molecule has 0 radical (unpaired) electrons. The molecule has 0 spiro atoms. The van der Waals surface area contributed by atoms with Crippen LogP contribution in [0.2, 0.25) is 0 Å². The van der Waals surface area contributed by atoms with Crippen LogP contribution in [0.1, 0.15) is 137 Å². The smallest absolute Gasteiger partial charge is 0.253 e. The van der Waals surface area contributed by atoms with Gasteiger partial charge in [-0.2, -0.15) is 0 Å². The Kier molecular flexibility index (Phi) is 17.1. The SMILES string of the molecule is CNC(C)C(=O)NC(C(=O)N1CCCC1c1cncc(-n2cc(C(=O)NC3CCC(NC(=O)c4cn(-c5cncc(C6CCCN6C(=O)C(NC(=O)C(C)NC)C(C)C)c5)c5ccccc45)CC3)c3ccccc32)c1)C(C)C. The number of likely N-dealkylation sites (N-methyl/N-ethyl adjacent to an activating group) is 2. The molecule has 3 fully saturated rings. The highest BCUT2D eigenvalue weighted by Crippen LogP contribution is 2.37. The van der Waals surface area contributed by atoms with Crippen LogP contribution in [-0.4, -0.2) is 128 Å². The van der Waals surface area contributed by atoms with Crippen molar-refractivity contribution in [3.8, 4) is 11.4 Å². The molecule has 6 heterocycles. The summed E-state index contributed by atoms with van der Waals surface area (Å²) in [6, 6.07) is 16.9. The van der Waals surface area contributed by atoms with Crippen LogP contribution in [0.5, 0.6) is 0 Å². The first kappa shape index (κ1) is 55.3. The number of carbonyl (C=O) groups is 6. The highest BCUT2D eigenvalue weighted by molar-refractivity contribution is 6.08. The molecule has 0 bridgehead atoms. The van der Waals surface area contributed by atoms with Gasteiger partial charge in [0.15, 0.2) is 0 Å². The Hall–Kier alpha value is -7.44. The Balaban J connectivity index is 0.849. The fraction of sp³-hybridized carbons (Fsp3) is 0.467. The van der Waals surface area contributed by atoms with E-state index in [0.717, 1.165) is 70.0 Å². The number of fused-ring (bicyclic) bond motifs is 2. The van der Waals surface area contributed by atoms with E-state index in [1.54, 1.807) is 52.7 Å². The summed E-state index contributed by atoms with van der Waals surface area (Å²) < 4.78 is 3.97. The molecule has 3 aliphatic rings. The topological polar surface area (TPSA) is 217 Å². The van der Waals surface area contributed by atoms with Gasteiger partial charge in [0, 0.05) is 60.7 Å². The molecule has 9 rings (SSSR count). The van der Waals surface area contributed by atoms with E-state index in [-0.39, 0.29) is 71.4 Å². The van der Waals surface area contributed by atoms with E-state index in [4.69, 9.17) is 0 Å². The van der Waals surface area contributed by atoms with Crippen molar-refractivity contribution in [1.29, 1.82) is 0 Å². The van der Waals surface area contributed by atoms with Gasteiger partial charge in [-0.15, -0.1) is 0 Å². The first-order chi connectivity index (χ1) is 37.6. The number of amides is 6. The summed E-state index contributed by atoms with van der Waals surface area (Å²) >= 11 is 0. The Morgan fingerprint density at radius 1 is 0.526 bits per heavy atom. The summed E-state index contributed by atoms with van der Waals surface area (Å²) in [6.45, 7) is 12.5. The third kappa shape index (κ3) is 11.6. The molecule has 6 unspecified atom stereocenters. The molecule has 6 amide bonds. The highest BCUT2D eigenvalue weighted by Gasteiger charge is 2.39. The average molecular weight is 1060 g/mol. The van der Waals surface area contributed by atoms with Gasteiger partial charge in [0.1, 0.15) is 12.1 Å². The Bertz CT molecular complexity index is 2970. The van der Waals surface area contributed by atoms with Gasteiger partial charge < -0.3 is 50.8 Å². The van der Waals surface area contributed by atoms with E-state index in [1.165, 1.54) is 0 Å². The van der Waals surface area contributed by atoms with E-state index in [1.807, 2.05) is 120 Å². The van der Waals surface area contributed by atoms with Crippen LogP contribution >= 0.6 is 0 Å².